The molecule has 0 aliphatic heterocycles. The van der Waals surface area contributed by atoms with Crippen LogP contribution in [0.1, 0.15) is 5.56 Å². The van der Waals surface area contributed by atoms with Crippen molar-refractivity contribution in [3.63, 3.8) is 0 Å². The van der Waals surface area contributed by atoms with E-state index < -0.39 is 4.92 Å². The van der Waals surface area contributed by atoms with Crippen molar-refractivity contribution in [3.8, 4) is 11.5 Å². The van der Waals surface area contributed by atoms with Crippen LogP contribution in [0.25, 0.3) is 0 Å². The number of para-hydroxylation sites is 1. The first kappa shape index (κ1) is 15.0. The second-order valence-electron chi connectivity index (χ2n) is 4.09. The van der Waals surface area contributed by atoms with Gasteiger partial charge in [-0.3, -0.25) is 15.1 Å². The zero-order valence-electron chi connectivity index (χ0n) is 11.0. The molecule has 0 unspecified atom stereocenters. The number of aromatic nitrogens is 1. The van der Waals surface area contributed by atoms with Crippen LogP contribution in [-0.2, 0) is 6.54 Å². The maximum atomic E-state index is 11.0. The Balaban J connectivity index is 2.27. The number of nitro groups is 1. The Morgan fingerprint density at radius 2 is 2.24 bits per heavy atom. The number of nitrogens with zero attached hydrogens (tertiary/aromatic N) is 2. The molecule has 0 fully saturated rings. The number of nitrogens with one attached hydrogen (secondary N) is 1. The number of phenols is 1. The summed E-state index contributed by atoms with van der Waals surface area (Å²) in [5.74, 6) is 0.345. The number of hydrogen-bond acceptors (Lipinski definition) is 6. The number of rotatable bonds is 5. The molecule has 1 heterocycles. The Hall–Kier alpha value is -2.35. The average Bonchev–Trinajstić information content (AvgIpc) is 2.47. The molecule has 21 heavy (non-hydrogen) atoms. The first-order valence-electron chi connectivity index (χ1n) is 5.91. The summed E-state index contributed by atoms with van der Waals surface area (Å²) in [6.07, 6.45) is 2.62. The lowest BCUT2D eigenvalue weighted by atomic mass is 10.2. The number of halogens is 1. The van der Waals surface area contributed by atoms with Gasteiger partial charge in [0.15, 0.2) is 11.5 Å². The van der Waals surface area contributed by atoms with E-state index in [9.17, 15) is 15.2 Å². The summed E-state index contributed by atoms with van der Waals surface area (Å²) in [5, 5.41) is 23.9. The number of hydrogen-bond donors (Lipinski definition) is 2. The van der Waals surface area contributed by atoms with Crippen molar-refractivity contribution in [1.82, 2.24) is 4.98 Å². The largest absolute Gasteiger partial charge is 0.504 e. The highest BCUT2D eigenvalue weighted by Crippen LogP contribution is 2.34. The van der Waals surface area contributed by atoms with Gasteiger partial charge in [0.2, 0.25) is 0 Å². The summed E-state index contributed by atoms with van der Waals surface area (Å²) in [6.45, 7) is 0.201. The van der Waals surface area contributed by atoms with Gasteiger partial charge in [0.1, 0.15) is 11.9 Å². The Morgan fingerprint density at radius 3 is 2.90 bits per heavy atom. The third kappa shape index (κ3) is 3.22. The number of ether oxygens (including phenoxy) is 1. The van der Waals surface area contributed by atoms with E-state index in [-0.39, 0.29) is 18.0 Å². The summed E-state index contributed by atoms with van der Waals surface area (Å²) in [5.41, 5.74) is 0.719. The SMILES string of the molecule is COc1cccc(CNc2c(Br)cncc2[N+](=O)[O-])c1O. The van der Waals surface area contributed by atoms with Gasteiger partial charge in [-0.15, -0.1) is 0 Å². The summed E-state index contributed by atoms with van der Waals surface area (Å²) in [4.78, 5) is 14.2. The van der Waals surface area contributed by atoms with Gasteiger partial charge < -0.3 is 15.2 Å². The quantitative estimate of drug-likeness (QED) is 0.633. The highest BCUT2D eigenvalue weighted by molar-refractivity contribution is 9.10. The molecule has 0 amide bonds. The average molecular weight is 354 g/mol. The Morgan fingerprint density at radius 1 is 1.48 bits per heavy atom. The lowest BCUT2D eigenvalue weighted by Crippen LogP contribution is -2.04. The molecule has 0 aliphatic rings. The zero-order valence-corrected chi connectivity index (χ0v) is 12.6. The molecule has 0 saturated carbocycles. The number of pyridine rings is 1. The van der Waals surface area contributed by atoms with Gasteiger partial charge in [0.25, 0.3) is 0 Å². The van der Waals surface area contributed by atoms with Crippen molar-refractivity contribution in [3.05, 3.63) is 50.7 Å². The molecular weight excluding hydrogens is 342 g/mol. The Labute approximate surface area is 128 Å². The second-order valence-corrected chi connectivity index (χ2v) is 4.95. The fraction of sp³-hybridized carbons (Fsp3) is 0.154. The molecule has 7 nitrogen and oxygen atoms in total. The molecule has 1 aromatic heterocycles. The van der Waals surface area contributed by atoms with Gasteiger partial charge in [-0.25, -0.2) is 0 Å². The normalized spacial score (nSPS) is 10.2. The first-order valence-corrected chi connectivity index (χ1v) is 6.70. The van der Waals surface area contributed by atoms with E-state index >= 15 is 0 Å². The standard InChI is InChI=1S/C13H12BrN3O4/c1-21-11-4-2-3-8(13(11)18)5-16-12-9(14)6-15-7-10(12)17(19)20/h2-4,6-7,18H,5H2,1H3,(H,15,16). The molecule has 8 heteroatoms. The smallest absolute Gasteiger partial charge is 0.311 e. The first-order chi connectivity index (χ1) is 10.0. The maximum absolute atomic E-state index is 11.0. The number of aromatic hydroxyl groups is 1. The van der Waals surface area contributed by atoms with Crippen LogP contribution >= 0.6 is 15.9 Å². The molecule has 110 valence electrons. The summed E-state index contributed by atoms with van der Waals surface area (Å²) >= 11 is 3.22. The predicted molar refractivity (Wildman–Crippen MR) is 80.6 cm³/mol. The third-order valence-electron chi connectivity index (χ3n) is 2.83. The summed E-state index contributed by atoms with van der Waals surface area (Å²) < 4.78 is 5.49. The van der Waals surface area contributed by atoms with E-state index in [1.807, 2.05) is 0 Å². The minimum Gasteiger partial charge on any atom is -0.504 e. The maximum Gasteiger partial charge on any atom is 0.311 e. The van der Waals surface area contributed by atoms with E-state index in [2.05, 4.69) is 26.2 Å². The van der Waals surface area contributed by atoms with Crippen LogP contribution in [0, 0.1) is 10.1 Å². The molecule has 1 aromatic carbocycles. The number of methoxy groups -OCH3 is 1. The lowest BCUT2D eigenvalue weighted by Gasteiger charge is -2.11. The molecule has 0 radical (unpaired) electrons. The molecule has 0 bridgehead atoms. The number of benzene rings is 1. The van der Waals surface area contributed by atoms with E-state index in [1.165, 1.54) is 19.5 Å². The minimum atomic E-state index is -0.522. The fourth-order valence-corrected chi connectivity index (χ4v) is 2.26. The van der Waals surface area contributed by atoms with Crippen molar-refractivity contribution in [2.45, 2.75) is 6.54 Å². The molecule has 2 aromatic rings. The van der Waals surface area contributed by atoms with Gasteiger partial charge in [-0.1, -0.05) is 12.1 Å². The monoisotopic (exact) mass is 353 g/mol. The molecular formula is C13H12BrN3O4. The van der Waals surface area contributed by atoms with Crippen molar-refractivity contribution in [2.24, 2.45) is 0 Å². The van der Waals surface area contributed by atoms with Crippen LogP contribution in [0.4, 0.5) is 11.4 Å². The van der Waals surface area contributed by atoms with E-state index in [1.54, 1.807) is 18.2 Å². The van der Waals surface area contributed by atoms with Crippen LogP contribution in [0.2, 0.25) is 0 Å². The Kier molecular flexibility index (Phi) is 4.59. The molecule has 2 rings (SSSR count). The van der Waals surface area contributed by atoms with Crippen LogP contribution in [-0.4, -0.2) is 22.1 Å². The van der Waals surface area contributed by atoms with E-state index in [0.29, 0.717) is 21.5 Å². The van der Waals surface area contributed by atoms with E-state index in [4.69, 9.17) is 4.74 Å². The molecule has 0 spiro atoms. The van der Waals surface area contributed by atoms with Crippen molar-refractivity contribution in [1.29, 1.82) is 0 Å². The van der Waals surface area contributed by atoms with Crippen molar-refractivity contribution < 1.29 is 14.8 Å². The number of anilines is 1. The predicted octanol–water partition coefficient (Wildman–Crippen LogP) is 3.08. The molecule has 2 N–H and O–H groups in total. The van der Waals surface area contributed by atoms with Gasteiger partial charge in [-0.2, -0.15) is 0 Å². The second kappa shape index (κ2) is 6.40. The van der Waals surface area contributed by atoms with Crippen molar-refractivity contribution in [2.75, 3.05) is 12.4 Å². The molecule has 0 atom stereocenters. The van der Waals surface area contributed by atoms with Gasteiger partial charge in [-0.05, 0) is 22.0 Å². The van der Waals surface area contributed by atoms with Crippen molar-refractivity contribution >= 4 is 27.3 Å². The van der Waals surface area contributed by atoms with Crippen LogP contribution in [0.3, 0.4) is 0 Å². The van der Waals surface area contributed by atoms with Gasteiger partial charge in [0, 0.05) is 18.3 Å². The van der Waals surface area contributed by atoms with Crippen LogP contribution in [0.5, 0.6) is 11.5 Å². The van der Waals surface area contributed by atoms with Gasteiger partial charge in [0.05, 0.1) is 16.5 Å². The fourth-order valence-electron chi connectivity index (χ4n) is 1.80. The van der Waals surface area contributed by atoms with Gasteiger partial charge >= 0.3 is 5.69 Å². The van der Waals surface area contributed by atoms with Crippen LogP contribution in [0.15, 0.2) is 35.1 Å². The minimum absolute atomic E-state index is 0.000307. The summed E-state index contributed by atoms with van der Waals surface area (Å²) in [7, 11) is 1.45. The molecule has 0 saturated heterocycles. The third-order valence-corrected chi connectivity index (χ3v) is 3.44. The molecule has 0 aliphatic carbocycles. The van der Waals surface area contributed by atoms with Crippen LogP contribution < -0.4 is 10.1 Å². The highest BCUT2D eigenvalue weighted by Gasteiger charge is 2.17. The number of phenolic OH excluding ortho intramolecular Hbond substituents is 1. The van der Waals surface area contributed by atoms with E-state index in [0.717, 1.165) is 0 Å². The lowest BCUT2D eigenvalue weighted by molar-refractivity contribution is -0.384. The summed E-state index contributed by atoms with van der Waals surface area (Å²) in [6, 6.07) is 5.06. The highest BCUT2D eigenvalue weighted by atomic mass is 79.9. The zero-order chi connectivity index (χ0) is 15.4. The topological polar surface area (TPSA) is 97.5 Å². The Bertz CT molecular complexity index is 678.